The van der Waals surface area contributed by atoms with Gasteiger partial charge in [-0.15, -0.1) is 0 Å². The summed E-state index contributed by atoms with van der Waals surface area (Å²) in [4.78, 5) is 25.8. The molecule has 2 aliphatic rings. The van der Waals surface area contributed by atoms with Crippen LogP contribution in [0.1, 0.15) is 19.3 Å². The van der Waals surface area contributed by atoms with Gasteiger partial charge in [-0.05, 0) is 31.5 Å². The van der Waals surface area contributed by atoms with E-state index >= 15 is 0 Å². The molecule has 1 aromatic rings. The van der Waals surface area contributed by atoms with Gasteiger partial charge in [0.15, 0.2) is 0 Å². The maximum Gasteiger partial charge on any atom is 0.228 e. The summed E-state index contributed by atoms with van der Waals surface area (Å²) in [5, 5.41) is 6.17. The van der Waals surface area contributed by atoms with Crippen molar-refractivity contribution >= 4 is 23.2 Å². The van der Waals surface area contributed by atoms with E-state index in [1.165, 1.54) is 0 Å². The van der Waals surface area contributed by atoms with Crippen LogP contribution in [-0.4, -0.2) is 31.4 Å². The molecule has 5 nitrogen and oxygen atoms in total. The first-order valence-corrected chi connectivity index (χ1v) is 7.16. The van der Waals surface area contributed by atoms with E-state index in [1.54, 1.807) is 4.90 Å². The van der Waals surface area contributed by atoms with Crippen molar-refractivity contribution in [3.8, 4) is 0 Å². The van der Waals surface area contributed by atoms with E-state index in [0.717, 1.165) is 43.9 Å². The third kappa shape index (κ3) is 2.54. The first kappa shape index (κ1) is 13.1. The average Bonchev–Trinajstić information content (AvgIpc) is 3.10. The Morgan fingerprint density at radius 3 is 2.90 bits per heavy atom. The van der Waals surface area contributed by atoms with Crippen molar-refractivity contribution in [3.63, 3.8) is 0 Å². The quantitative estimate of drug-likeness (QED) is 0.874. The molecule has 2 heterocycles. The van der Waals surface area contributed by atoms with Gasteiger partial charge in [0, 0.05) is 19.5 Å². The van der Waals surface area contributed by atoms with Gasteiger partial charge in [-0.25, -0.2) is 0 Å². The van der Waals surface area contributed by atoms with Gasteiger partial charge in [-0.3, -0.25) is 9.59 Å². The van der Waals surface area contributed by atoms with Crippen molar-refractivity contribution in [1.29, 1.82) is 0 Å². The second kappa shape index (κ2) is 5.63. The van der Waals surface area contributed by atoms with Gasteiger partial charge in [-0.2, -0.15) is 0 Å². The Kier molecular flexibility index (Phi) is 3.69. The van der Waals surface area contributed by atoms with Gasteiger partial charge in [-0.1, -0.05) is 12.1 Å². The highest BCUT2D eigenvalue weighted by Gasteiger charge is 2.26. The summed E-state index contributed by atoms with van der Waals surface area (Å²) < 4.78 is 0. The third-order valence-electron chi connectivity index (χ3n) is 3.96. The lowest BCUT2D eigenvalue weighted by Gasteiger charge is -2.20. The van der Waals surface area contributed by atoms with Crippen LogP contribution in [0.25, 0.3) is 0 Å². The van der Waals surface area contributed by atoms with Crippen molar-refractivity contribution in [3.05, 3.63) is 24.3 Å². The van der Waals surface area contributed by atoms with Gasteiger partial charge in [0.25, 0.3) is 0 Å². The van der Waals surface area contributed by atoms with Crippen molar-refractivity contribution in [2.45, 2.75) is 19.3 Å². The van der Waals surface area contributed by atoms with Gasteiger partial charge in [0.1, 0.15) is 0 Å². The minimum atomic E-state index is 0.0253. The molecule has 0 saturated carbocycles. The number of nitrogens with one attached hydrogen (secondary N) is 2. The fourth-order valence-corrected chi connectivity index (χ4v) is 2.83. The highest BCUT2D eigenvalue weighted by Crippen LogP contribution is 2.29. The molecule has 3 rings (SSSR count). The maximum atomic E-state index is 12.2. The zero-order valence-corrected chi connectivity index (χ0v) is 11.4. The number of carbonyl (C=O) groups is 2. The Morgan fingerprint density at radius 2 is 2.20 bits per heavy atom. The lowest BCUT2D eigenvalue weighted by molar-refractivity contribution is -0.119. The van der Waals surface area contributed by atoms with Crippen LogP contribution in [0.4, 0.5) is 11.4 Å². The monoisotopic (exact) mass is 273 g/mol. The molecule has 1 atom stereocenters. The van der Waals surface area contributed by atoms with Crippen LogP contribution in [0, 0.1) is 5.92 Å². The lowest BCUT2D eigenvalue weighted by atomic mass is 10.1. The molecular formula is C15H19N3O2. The fourth-order valence-electron chi connectivity index (χ4n) is 2.83. The fraction of sp³-hybridized carbons (Fsp3) is 0.467. The van der Waals surface area contributed by atoms with Crippen LogP contribution in [-0.2, 0) is 9.59 Å². The van der Waals surface area contributed by atoms with Crippen molar-refractivity contribution in [2.24, 2.45) is 5.92 Å². The van der Waals surface area contributed by atoms with E-state index in [2.05, 4.69) is 10.6 Å². The van der Waals surface area contributed by atoms with Crippen LogP contribution in [0.15, 0.2) is 24.3 Å². The molecule has 0 radical (unpaired) electrons. The number of para-hydroxylation sites is 2. The minimum Gasteiger partial charge on any atom is -0.324 e. The number of anilines is 2. The molecule has 2 fully saturated rings. The van der Waals surface area contributed by atoms with Crippen LogP contribution in [0.5, 0.6) is 0 Å². The first-order valence-electron chi connectivity index (χ1n) is 7.16. The van der Waals surface area contributed by atoms with Gasteiger partial charge in [0.2, 0.25) is 11.8 Å². The predicted octanol–water partition coefficient (Wildman–Crippen LogP) is 1.36. The normalized spacial score (nSPS) is 22.3. The maximum absolute atomic E-state index is 12.2. The Bertz CT molecular complexity index is 524. The number of hydrogen-bond acceptors (Lipinski definition) is 3. The SMILES string of the molecule is O=C(Nc1ccccc1N1CCCC1=O)C1CCNC1. The molecule has 0 spiro atoms. The number of benzene rings is 1. The highest BCUT2D eigenvalue weighted by molar-refractivity contribution is 6.02. The van der Waals surface area contributed by atoms with E-state index in [0.29, 0.717) is 6.42 Å². The smallest absolute Gasteiger partial charge is 0.228 e. The second-order valence-corrected chi connectivity index (χ2v) is 5.35. The summed E-state index contributed by atoms with van der Waals surface area (Å²) in [6, 6.07) is 7.53. The topological polar surface area (TPSA) is 61.4 Å². The molecule has 0 bridgehead atoms. The number of rotatable bonds is 3. The van der Waals surface area contributed by atoms with Gasteiger partial charge >= 0.3 is 0 Å². The van der Waals surface area contributed by atoms with E-state index in [1.807, 2.05) is 24.3 Å². The molecule has 1 aromatic carbocycles. The molecule has 2 aliphatic heterocycles. The number of nitrogens with zero attached hydrogens (tertiary/aromatic N) is 1. The van der Waals surface area contributed by atoms with E-state index in [-0.39, 0.29) is 17.7 Å². The van der Waals surface area contributed by atoms with Crippen LogP contribution < -0.4 is 15.5 Å². The number of carbonyl (C=O) groups excluding carboxylic acids is 2. The molecule has 106 valence electrons. The highest BCUT2D eigenvalue weighted by atomic mass is 16.2. The Morgan fingerprint density at radius 1 is 1.35 bits per heavy atom. The Balaban J connectivity index is 1.79. The molecule has 5 heteroatoms. The zero-order valence-electron chi connectivity index (χ0n) is 11.4. The summed E-state index contributed by atoms with van der Waals surface area (Å²) in [6.07, 6.45) is 2.35. The van der Waals surface area contributed by atoms with E-state index < -0.39 is 0 Å². The van der Waals surface area contributed by atoms with Gasteiger partial charge in [0.05, 0.1) is 17.3 Å². The lowest BCUT2D eigenvalue weighted by Crippen LogP contribution is -2.28. The number of hydrogen-bond donors (Lipinski definition) is 2. The van der Waals surface area contributed by atoms with Crippen molar-refractivity contribution in [2.75, 3.05) is 29.9 Å². The molecule has 2 amide bonds. The predicted molar refractivity (Wildman–Crippen MR) is 77.6 cm³/mol. The summed E-state index contributed by atoms with van der Waals surface area (Å²) in [6.45, 7) is 2.36. The van der Waals surface area contributed by atoms with Crippen LogP contribution in [0.3, 0.4) is 0 Å². The van der Waals surface area contributed by atoms with Crippen molar-refractivity contribution < 1.29 is 9.59 Å². The molecular weight excluding hydrogens is 254 g/mol. The summed E-state index contributed by atoms with van der Waals surface area (Å²) in [7, 11) is 0. The van der Waals surface area contributed by atoms with Crippen LogP contribution >= 0.6 is 0 Å². The van der Waals surface area contributed by atoms with Gasteiger partial charge < -0.3 is 15.5 Å². The number of amides is 2. The summed E-state index contributed by atoms with van der Waals surface area (Å²) >= 11 is 0. The molecule has 0 aliphatic carbocycles. The average molecular weight is 273 g/mol. The second-order valence-electron chi connectivity index (χ2n) is 5.35. The van der Waals surface area contributed by atoms with E-state index in [9.17, 15) is 9.59 Å². The Labute approximate surface area is 118 Å². The van der Waals surface area contributed by atoms with Crippen molar-refractivity contribution in [1.82, 2.24) is 5.32 Å². The molecule has 2 saturated heterocycles. The largest absolute Gasteiger partial charge is 0.324 e. The zero-order chi connectivity index (χ0) is 13.9. The van der Waals surface area contributed by atoms with E-state index in [4.69, 9.17) is 0 Å². The molecule has 20 heavy (non-hydrogen) atoms. The minimum absolute atomic E-state index is 0.0253. The van der Waals surface area contributed by atoms with Crippen LogP contribution in [0.2, 0.25) is 0 Å². The summed E-state index contributed by atoms with van der Waals surface area (Å²) in [5.41, 5.74) is 1.55. The molecule has 1 unspecified atom stereocenters. The Hall–Kier alpha value is -1.88. The third-order valence-corrected chi connectivity index (χ3v) is 3.96. The molecule has 0 aromatic heterocycles. The molecule has 2 N–H and O–H groups in total. The summed E-state index contributed by atoms with van der Waals surface area (Å²) in [5.74, 6) is 0.195. The first-order chi connectivity index (χ1) is 9.75. The standard InChI is InChI=1S/C15H19N3O2/c19-14-6-3-9-18(14)13-5-2-1-4-12(13)17-15(20)11-7-8-16-10-11/h1-2,4-5,11,16H,3,6-10H2,(H,17,20).